The number of allylic oxidation sites excluding steroid dienone is 1. The first-order valence-electron chi connectivity index (χ1n) is 17.8. The van der Waals surface area contributed by atoms with Crippen molar-refractivity contribution in [3.63, 3.8) is 0 Å². The van der Waals surface area contributed by atoms with Crippen molar-refractivity contribution >= 4 is 34.8 Å². The molecule has 0 unspecified atom stereocenters. The van der Waals surface area contributed by atoms with Gasteiger partial charge in [0.05, 0.1) is 32.4 Å². The number of aryl methyl sites for hydroxylation is 1. The average molecular weight is 709 g/mol. The highest BCUT2D eigenvalue weighted by Gasteiger charge is 2.62. The number of nitrogens with zero attached hydrogens (tertiary/aromatic N) is 2. The van der Waals surface area contributed by atoms with Crippen LogP contribution >= 0.6 is 0 Å². The topological polar surface area (TPSA) is 155 Å². The molecule has 0 radical (unpaired) electrons. The van der Waals surface area contributed by atoms with Gasteiger partial charge in [0, 0.05) is 29.4 Å². The minimum absolute atomic E-state index is 0.0529. The standard InChI is InChI=1S/C38H52N4O9/c1-22(2)49-31-19-30(26-16-17-29(47-7)23(3)32(26)40-31)50-25-18-28-33(43)41-38(35(45)48-8)20-24(38)14-12-10-9-11-13-15-27(34(44)42(28)21-25)39-36(46)51-37(4,5)6/h12,14,16-17,19,22,24-25,27-28H,9-11,13,15,18,20-21H2,1-8H3,(H,39,46)(H,41,43)/b14-12-/t24-,25-,27+,28+,38-/m1/s1. The van der Waals surface area contributed by atoms with Crippen LogP contribution in [-0.4, -0.2) is 90.0 Å². The van der Waals surface area contributed by atoms with Gasteiger partial charge in [0.2, 0.25) is 17.7 Å². The first-order chi connectivity index (χ1) is 24.2. The van der Waals surface area contributed by atoms with Crippen LogP contribution in [0.3, 0.4) is 0 Å². The molecule has 3 heterocycles. The molecule has 2 aromatic rings. The zero-order valence-electron chi connectivity index (χ0n) is 31.0. The van der Waals surface area contributed by atoms with Crippen LogP contribution in [0.5, 0.6) is 17.4 Å². The predicted octanol–water partition coefficient (Wildman–Crippen LogP) is 5.15. The molecule has 3 amide bonds. The number of aromatic nitrogens is 1. The molecule has 1 aliphatic carbocycles. The van der Waals surface area contributed by atoms with Gasteiger partial charge in [-0.25, -0.2) is 14.6 Å². The number of methoxy groups -OCH3 is 2. The van der Waals surface area contributed by atoms with E-state index in [1.807, 2.05) is 45.1 Å². The van der Waals surface area contributed by atoms with Gasteiger partial charge in [-0.15, -0.1) is 0 Å². The van der Waals surface area contributed by atoms with Crippen LogP contribution in [0.1, 0.15) is 85.1 Å². The van der Waals surface area contributed by atoms with E-state index in [1.165, 1.54) is 12.0 Å². The quantitative estimate of drug-likeness (QED) is 0.292. The number of carbonyl (C=O) groups is 4. The minimum atomic E-state index is -1.22. The van der Waals surface area contributed by atoms with Gasteiger partial charge in [0.1, 0.15) is 40.8 Å². The Morgan fingerprint density at radius 3 is 2.55 bits per heavy atom. The summed E-state index contributed by atoms with van der Waals surface area (Å²) in [4.78, 5) is 60.9. The molecule has 2 N–H and O–H groups in total. The lowest BCUT2D eigenvalue weighted by Crippen LogP contribution is -2.56. The lowest BCUT2D eigenvalue weighted by molar-refractivity contribution is -0.148. The van der Waals surface area contributed by atoms with Crippen molar-refractivity contribution in [3.05, 3.63) is 35.9 Å². The van der Waals surface area contributed by atoms with Crippen molar-refractivity contribution < 1.29 is 42.9 Å². The average Bonchev–Trinajstić information content (AvgIpc) is 3.58. The lowest BCUT2D eigenvalue weighted by atomic mass is 10.0. The van der Waals surface area contributed by atoms with E-state index in [4.69, 9.17) is 28.7 Å². The molecule has 278 valence electrons. The first-order valence-corrected chi connectivity index (χ1v) is 17.8. The van der Waals surface area contributed by atoms with Gasteiger partial charge in [-0.3, -0.25) is 9.59 Å². The Morgan fingerprint density at radius 2 is 1.86 bits per heavy atom. The summed E-state index contributed by atoms with van der Waals surface area (Å²) >= 11 is 0. The minimum Gasteiger partial charge on any atom is -0.496 e. The highest BCUT2D eigenvalue weighted by molar-refractivity contribution is 5.96. The summed E-state index contributed by atoms with van der Waals surface area (Å²) in [5.74, 6) is -0.179. The van der Waals surface area contributed by atoms with E-state index >= 15 is 0 Å². The van der Waals surface area contributed by atoms with Crippen molar-refractivity contribution in [2.45, 2.75) is 122 Å². The van der Waals surface area contributed by atoms with Crippen LogP contribution in [-0.2, 0) is 23.9 Å². The van der Waals surface area contributed by atoms with E-state index in [-0.39, 0.29) is 25.0 Å². The Hall–Kier alpha value is -4.55. The fraction of sp³-hybridized carbons (Fsp3) is 0.605. The van der Waals surface area contributed by atoms with Crippen molar-refractivity contribution in [1.29, 1.82) is 0 Å². The Kier molecular flexibility index (Phi) is 11.4. The van der Waals surface area contributed by atoms with Gasteiger partial charge in [-0.1, -0.05) is 25.0 Å². The molecule has 13 nitrogen and oxygen atoms in total. The molecule has 1 aromatic heterocycles. The second-order valence-electron chi connectivity index (χ2n) is 14.9. The number of alkyl carbamates (subject to hydrolysis) is 1. The predicted molar refractivity (Wildman–Crippen MR) is 190 cm³/mol. The van der Waals surface area contributed by atoms with Crippen LogP contribution in [0, 0.1) is 12.8 Å². The molecule has 1 saturated carbocycles. The van der Waals surface area contributed by atoms with Crippen LogP contribution < -0.4 is 24.8 Å². The monoisotopic (exact) mass is 708 g/mol. The van der Waals surface area contributed by atoms with Gasteiger partial charge in [0.25, 0.3) is 0 Å². The fourth-order valence-corrected chi connectivity index (χ4v) is 6.92. The molecule has 2 aliphatic heterocycles. The number of rotatable bonds is 7. The van der Waals surface area contributed by atoms with Crippen molar-refractivity contribution in [2.75, 3.05) is 20.8 Å². The molecule has 5 rings (SSSR count). The Morgan fingerprint density at radius 1 is 1.10 bits per heavy atom. The number of hydrogen-bond acceptors (Lipinski definition) is 10. The molecule has 3 aliphatic rings. The number of fused-ring (bicyclic) bond motifs is 3. The fourth-order valence-electron chi connectivity index (χ4n) is 6.92. The normalized spacial score (nSPS) is 26.2. The molecule has 0 bridgehead atoms. The first kappa shape index (κ1) is 37.7. The number of esters is 1. The number of benzene rings is 1. The zero-order chi connectivity index (χ0) is 37.1. The maximum absolute atomic E-state index is 14.4. The molecule has 51 heavy (non-hydrogen) atoms. The lowest BCUT2D eigenvalue weighted by Gasteiger charge is -2.30. The van der Waals surface area contributed by atoms with Gasteiger partial charge >= 0.3 is 12.1 Å². The van der Waals surface area contributed by atoms with E-state index in [9.17, 15) is 19.2 Å². The second-order valence-corrected chi connectivity index (χ2v) is 14.9. The summed E-state index contributed by atoms with van der Waals surface area (Å²) in [5, 5.41) is 6.45. The molecule has 1 aromatic carbocycles. The third kappa shape index (κ3) is 8.68. The Labute approximate surface area is 299 Å². The molecule has 5 atom stereocenters. The molecular formula is C38H52N4O9. The summed E-state index contributed by atoms with van der Waals surface area (Å²) in [6, 6.07) is 3.47. The smallest absolute Gasteiger partial charge is 0.408 e. The molecular weight excluding hydrogens is 656 g/mol. The molecule has 1 saturated heterocycles. The molecule has 0 spiro atoms. The van der Waals surface area contributed by atoms with Crippen LogP contribution in [0.25, 0.3) is 10.9 Å². The Bertz CT molecular complexity index is 1670. The van der Waals surface area contributed by atoms with Gasteiger partial charge in [-0.05, 0) is 79.4 Å². The number of amides is 3. The summed E-state index contributed by atoms with van der Waals surface area (Å²) in [5.41, 5.74) is -0.547. The largest absolute Gasteiger partial charge is 0.496 e. The zero-order valence-corrected chi connectivity index (χ0v) is 31.0. The third-order valence-electron chi connectivity index (χ3n) is 9.47. The highest BCUT2D eigenvalue weighted by atomic mass is 16.6. The number of hydrogen-bond donors (Lipinski definition) is 2. The van der Waals surface area contributed by atoms with Gasteiger partial charge in [-0.2, -0.15) is 0 Å². The number of carbonyl (C=O) groups excluding carboxylic acids is 4. The second kappa shape index (κ2) is 15.4. The van der Waals surface area contributed by atoms with Gasteiger partial charge < -0.3 is 39.2 Å². The SMILES string of the molecule is COC(=O)[C@@]12C[C@H]1/C=C\CCCCC[C@H](NC(=O)OC(C)(C)C)C(=O)N1C[C@H](Oc3cc(OC(C)C)nc4c(C)c(OC)ccc34)C[C@H]1C(=O)N2. The summed E-state index contributed by atoms with van der Waals surface area (Å²) in [7, 11) is 2.89. The number of nitrogens with one attached hydrogen (secondary N) is 2. The maximum Gasteiger partial charge on any atom is 0.408 e. The number of ether oxygens (including phenoxy) is 5. The summed E-state index contributed by atoms with van der Waals surface area (Å²) in [6.45, 7) is 11.0. The van der Waals surface area contributed by atoms with Crippen molar-refractivity contribution in [1.82, 2.24) is 20.5 Å². The molecule has 13 heteroatoms. The van der Waals surface area contributed by atoms with Crippen LogP contribution in [0.15, 0.2) is 30.4 Å². The summed E-state index contributed by atoms with van der Waals surface area (Å²) < 4.78 is 28.8. The van der Waals surface area contributed by atoms with E-state index in [0.717, 1.165) is 24.8 Å². The Balaban J connectivity index is 1.51. The van der Waals surface area contributed by atoms with E-state index in [1.54, 1.807) is 33.9 Å². The maximum atomic E-state index is 14.4. The molecule has 2 fully saturated rings. The van der Waals surface area contributed by atoms with Crippen molar-refractivity contribution in [3.8, 4) is 17.4 Å². The van der Waals surface area contributed by atoms with Crippen LogP contribution in [0.4, 0.5) is 4.79 Å². The van der Waals surface area contributed by atoms with E-state index < -0.39 is 53.2 Å². The van der Waals surface area contributed by atoms with Crippen LogP contribution in [0.2, 0.25) is 0 Å². The highest BCUT2D eigenvalue weighted by Crippen LogP contribution is 2.46. The number of pyridine rings is 1. The van der Waals surface area contributed by atoms with E-state index in [2.05, 4.69) is 10.6 Å². The summed E-state index contributed by atoms with van der Waals surface area (Å²) in [6.07, 6.45) is 6.53. The third-order valence-corrected chi connectivity index (χ3v) is 9.47. The van der Waals surface area contributed by atoms with Crippen molar-refractivity contribution in [2.24, 2.45) is 5.92 Å². The van der Waals surface area contributed by atoms with Gasteiger partial charge in [0.15, 0.2) is 0 Å². The van der Waals surface area contributed by atoms with E-state index in [0.29, 0.717) is 47.5 Å².